The number of carboxylic acid groups (broad SMARTS) is 1. The number of esters is 1. The molecule has 12 nitrogen and oxygen atoms in total. The largest absolute Gasteiger partial charge is 0.573 e. The first-order chi connectivity index (χ1) is 26.7. The zero-order valence-corrected chi connectivity index (χ0v) is 32.2. The number of halogens is 6. The molecule has 0 aliphatic rings. The fourth-order valence-corrected chi connectivity index (χ4v) is 4.73. The summed E-state index contributed by atoms with van der Waals surface area (Å²) in [6.45, 7) is 11.9. The van der Waals surface area contributed by atoms with Crippen LogP contribution in [0.15, 0.2) is 84.9 Å². The van der Waals surface area contributed by atoms with Gasteiger partial charge in [-0.25, -0.2) is 19.2 Å². The topological polar surface area (TPSA) is 159 Å². The van der Waals surface area contributed by atoms with Crippen LogP contribution in [0.1, 0.15) is 69.2 Å². The van der Waals surface area contributed by atoms with E-state index in [1.165, 1.54) is 72.8 Å². The van der Waals surface area contributed by atoms with Crippen LogP contribution in [0.4, 0.5) is 47.3 Å². The number of benzene rings is 4. The van der Waals surface area contributed by atoms with Gasteiger partial charge in [-0.3, -0.25) is 10.6 Å². The Kier molecular flexibility index (Phi) is 14.8. The molecule has 312 valence electrons. The highest BCUT2D eigenvalue weighted by Gasteiger charge is 2.33. The number of aromatic carboxylic acids is 1. The lowest BCUT2D eigenvalue weighted by atomic mass is 10.0. The SMILES string of the molecule is CC(C)(C)OC(=O)Nc1ccc(OC(F)(F)F)c(-c2ccc(C(=O)O)cc2)c1.CCOC(=O)c1ccc(-c2cc(NC(=O)OC(C)(C)C)ccc2OC(F)(F)F)cc1. The molecule has 0 fully saturated rings. The lowest BCUT2D eigenvalue weighted by Crippen LogP contribution is -2.27. The molecule has 4 aromatic rings. The number of nitrogens with one attached hydrogen (secondary N) is 2. The fourth-order valence-electron chi connectivity index (χ4n) is 4.73. The van der Waals surface area contributed by atoms with E-state index in [1.54, 1.807) is 48.5 Å². The smallest absolute Gasteiger partial charge is 0.478 e. The van der Waals surface area contributed by atoms with Crippen LogP contribution in [0.3, 0.4) is 0 Å². The van der Waals surface area contributed by atoms with E-state index in [-0.39, 0.29) is 45.8 Å². The number of carbonyl (C=O) groups is 4. The van der Waals surface area contributed by atoms with Gasteiger partial charge in [0.25, 0.3) is 0 Å². The standard InChI is InChI=1S/C21H22F3NO5.C19H18F3NO5/c1-5-28-18(26)14-8-6-13(7-9-14)16-12-15(25-19(27)30-20(2,3)4)10-11-17(16)29-21(22,23)24;1-18(2,3)28-17(26)23-13-8-9-15(27-19(20,21)22)14(10-13)11-4-6-12(7-5-11)16(24)25/h6-12H,5H2,1-4H3,(H,25,27);4-10H,1-3H3,(H,23,26)(H,24,25). The number of amides is 2. The number of carboxylic acids is 1. The maximum atomic E-state index is 12.8. The molecule has 4 aromatic carbocycles. The summed E-state index contributed by atoms with van der Waals surface area (Å²) in [5, 5.41) is 13.9. The molecular weight excluding hydrogens is 782 g/mol. The summed E-state index contributed by atoms with van der Waals surface area (Å²) in [4.78, 5) is 46.6. The Morgan fingerprint density at radius 3 is 1.24 bits per heavy atom. The first kappa shape index (κ1) is 45.9. The quantitative estimate of drug-likeness (QED) is 0.0842. The van der Waals surface area contributed by atoms with Crippen LogP contribution in [-0.4, -0.2) is 59.8 Å². The lowest BCUT2D eigenvalue weighted by molar-refractivity contribution is -0.275. The second-order valence-electron chi connectivity index (χ2n) is 14.0. The van der Waals surface area contributed by atoms with Gasteiger partial charge in [0.05, 0.1) is 17.7 Å². The number of alkyl halides is 6. The average molecular weight is 823 g/mol. The van der Waals surface area contributed by atoms with Gasteiger partial charge in [0, 0.05) is 22.5 Å². The predicted octanol–water partition coefficient (Wildman–Crippen LogP) is 11.1. The summed E-state index contributed by atoms with van der Waals surface area (Å²) >= 11 is 0. The number of hydrogen-bond donors (Lipinski definition) is 3. The molecular formula is C40H40F6N2O10. The predicted molar refractivity (Wildman–Crippen MR) is 200 cm³/mol. The molecule has 0 bridgehead atoms. The Morgan fingerprint density at radius 2 is 0.931 bits per heavy atom. The summed E-state index contributed by atoms with van der Waals surface area (Å²) in [7, 11) is 0. The number of hydrogen-bond acceptors (Lipinski definition) is 9. The molecule has 0 aliphatic carbocycles. The molecule has 2 amide bonds. The third kappa shape index (κ3) is 15.6. The van der Waals surface area contributed by atoms with Crippen molar-refractivity contribution in [2.75, 3.05) is 17.2 Å². The monoisotopic (exact) mass is 822 g/mol. The third-order valence-corrected chi connectivity index (χ3v) is 6.85. The van der Waals surface area contributed by atoms with Crippen molar-refractivity contribution in [3.05, 3.63) is 96.1 Å². The first-order valence-corrected chi connectivity index (χ1v) is 17.1. The molecule has 0 aliphatic heterocycles. The fraction of sp³-hybridized carbons (Fsp3) is 0.300. The Morgan fingerprint density at radius 1 is 0.569 bits per heavy atom. The molecule has 18 heteroatoms. The van der Waals surface area contributed by atoms with Gasteiger partial charge in [-0.1, -0.05) is 24.3 Å². The molecule has 0 saturated carbocycles. The highest BCUT2D eigenvalue weighted by molar-refractivity contribution is 5.92. The Labute approximate surface area is 329 Å². The molecule has 0 heterocycles. The van der Waals surface area contributed by atoms with Gasteiger partial charge in [0.2, 0.25) is 0 Å². The maximum absolute atomic E-state index is 12.8. The van der Waals surface area contributed by atoms with Gasteiger partial charge in [0.15, 0.2) is 0 Å². The zero-order valence-electron chi connectivity index (χ0n) is 32.2. The van der Waals surface area contributed by atoms with Crippen LogP contribution < -0.4 is 20.1 Å². The van der Waals surface area contributed by atoms with Crippen LogP contribution in [-0.2, 0) is 14.2 Å². The molecule has 0 spiro atoms. The second-order valence-corrected chi connectivity index (χ2v) is 14.0. The van der Waals surface area contributed by atoms with Crippen molar-refractivity contribution < 1.29 is 74.3 Å². The molecule has 0 radical (unpaired) electrons. The van der Waals surface area contributed by atoms with E-state index in [1.807, 2.05) is 0 Å². The highest BCUT2D eigenvalue weighted by Crippen LogP contribution is 2.38. The number of carbonyl (C=O) groups excluding carboxylic acids is 3. The van der Waals surface area contributed by atoms with E-state index in [0.717, 1.165) is 12.1 Å². The van der Waals surface area contributed by atoms with Gasteiger partial charge in [-0.15, -0.1) is 26.3 Å². The van der Waals surface area contributed by atoms with Gasteiger partial charge in [-0.2, -0.15) is 0 Å². The normalized spacial score (nSPS) is 11.6. The molecule has 0 unspecified atom stereocenters. The van der Waals surface area contributed by atoms with Gasteiger partial charge >= 0.3 is 36.8 Å². The van der Waals surface area contributed by atoms with E-state index in [0.29, 0.717) is 5.56 Å². The summed E-state index contributed by atoms with van der Waals surface area (Å²) in [6, 6.07) is 18.2. The van der Waals surface area contributed by atoms with E-state index in [4.69, 9.17) is 19.3 Å². The van der Waals surface area contributed by atoms with Gasteiger partial charge in [-0.05, 0) is 120 Å². The minimum atomic E-state index is -4.92. The van der Waals surface area contributed by atoms with Crippen molar-refractivity contribution in [3.8, 4) is 33.8 Å². The highest BCUT2D eigenvalue weighted by atomic mass is 19.4. The van der Waals surface area contributed by atoms with Crippen molar-refractivity contribution >= 4 is 35.5 Å². The minimum Gasteiger partial charge on any atom is -0.478 e. The number of rotatable bonds is 9. The van der Waals surface area contributed by atoms with Gasteiger partial charge in [0.1, 0.15) is 22.7 Å². The second kappa shape index (κ2) is 18.7. The number of anilines is 2. The van der Waals surface area contributed by atoms with Crippen LogP contribution in [0.5, 0.6) is 11.5 Å². The molecule has 58 heavy (non-hydrogen) atoms. The van der Waals surface area contributed by atoms with Gasteiger partial charge < -0.3 is 28.8 Å². The summed E-state index contributed by atoms with van der Waals surface area (Å²) in [6.07, 6.45) is -11.4. The molecule has 4 rings (SSSR count). The molecule has 0 saturated heterocycles. The van der Waals surface area contributed by atoms with Crippen LogP contribution in [0, 0.1) is 0 Å². The maximum Gasteiger partial charge on any atom is 0.573 e. The summed E-state index contributed by atoms with van der Waals surface area (Å²) < 4.78 is 99.9. The van der Waals surface area contributed by atoms with Crippen molar-refractivity contribution in [2.24, 2.45) is 0 Å². The van der Waals surface area contributed by atoms with E-state index >= 15 is 0 Å². The molecule has 0 atom stereocenters. The minimum absolute atomic E-state index is 0.0165. The van der Waals surface area contributed by atoms with Crippen molar-refractivity contribution in [2.45, 2.75) is 72.4 Å². The van der Waals surface area contributed by atoms with Crippen molar-refractivity contribution in [1.82, 2.24) is 0 Å². The summed E-state index contributed by atoms with van der Waals surface area (Å²) in [5.74, 6) is -2.67. The first-order valence-electron chi connectivity index (χ1n) is 17.1. The Balaban J connectivity index is 0.000000311. The average Bonchev–Trinajstić information content (AvgIpc) is 3.07. The molecule has 3 N–H and O–H groups in total. The number of ether oxygens (including phenoxy) is 5. The van der Waals surface area contributed by atoms with Crippen molar-refractivity contribution in [3.63, 3.8) is 0 Å². The Hall–Kier alpha value is -6.46. The van der Waals surface area contributed by atoms with Crippen molar-refractivity contribution in [1.29, 1.82) is 0 Å². The van der Waals surface area contributed by atoms with E-state index in [2.05, 4.69) is 20.1 Å². The van der Waals surface area contributed by atoms with Crippen LogP contribution in [0.2, 0.25) is 0 Å². The summed E-state index contributed by atoms with van der Waals surface area (Å²) in [5.41, 5.74) is -0.170. The van der Waals surface area contributed by atoms with E-state index < -0.39 is 59.6 Å². The zero-order chi connectivity index (χ0) is 43.6. The third-order valence-electron chi connectivity index (χ3n) is 6.85. The molecule has 0 aromatic heterocycles. The Bertz CT molecular complexity index is 2070. The van der Waals surface area contributed by atoms with Crippen LogP contribution in [0.25, 0.3) is 22.3 Å². The lowest BCUT2D eigenvalue weighted by Gasteiger charge is -2.20. The van der Waals surface area contributed by atoms with Crippen LogP contribution >= 0.6 is 0 Å². The van der Waals surface area contributed by atoms with E-state index in [9.17, 15) is 45.5 Å².